The minimum atomic E-state index is -0.338. The highest BCUT2D eigenvalue weighted by Gasteiger charge is 2.16. The van der Waals surface area contributed by atoms with Crippen LogP contribution in [0.25, 0.3) is 0 Å². The maximum atomic E-state index is 13.3. The van der Waals surface area contributed by atoms with Gasteiger partial charge >= 0.3 is 0 Å². The summed E-state index contributed by atoms with van der Waals surface area (Å²) in [5.41, 5.74) is 0.435. The predicted octanol–water partition coefficient (Wildman–Crippen LogP) is 2.53. The van der Waals surface area contributed by atoms with Gasteiger partial charge in [-0.05, 0) is 39.7 Å². The Morgan fingerprint density at radius 2 is 2.25 bits per heavy atom. The Balaban J connectivity index is 1.86. The van der Waals surface area contributed by atoms with Gasteiger partial charge in [0.2, 0.25) is 5.88 Å². The summed E-state index contributed by atoms with van der Waals surface area (Å²) in [6.07, 6.45) is 4.78. The fraction of sp³-hybridized carbons (Fsp3) is 0.188. The molecule has 0 saturated heterocycles. The molecule has 0 aliphatic carbocycles. The highest BCUT2D eigenvalue weighted by molar-refractivity contribution is 9.10. The molecule has 24 heavy (non-hydrogen) atoms. The van der Waals surface area contributed by atoms with Crippen LogP contribution in [0.3, 0.4) is 0 Å². The molecule has 0 N–H and O–H groups in total. The summed E-state index contributed by atoms with van der Waals surface area (Å²) in [7, 11) is 1.54. The second-order valence-electron chi connectivity index (χ2n) is 5.09. The summed E-state index contributed by atoms with van der Waals surface area (Å²) in [6, 6.07) is 6.12. The van der Waals surface area contributed by atoms with Crippen LogP contribution in [0.15, 0.2) is 56.8 Å². The zero-order valence-electron chi connectivity index (χ0n) is 12.8. The normalized spacial score (nSPS) is 13.8. The van der Waals surface area contributed by atoms with Crippen molar-refractivity contribution in [3.05, 3.63) is 68.8 Å². The molecule has 0 bridgehead atoms. The molecule has 0 amide bonds. The van der Waals surface area contributed by atoms with E-state index in [2.05, 4.69) is 25.9 Å². The van der Waals surface area contributed by atoms with Crippen molar-refractivity contribution >= 4 is 28.1 Å². The van der Waals surface area contributed by atoms with Gasteiger partial charge in [-0.3, -0.25) is 9.36 Å². The Bertz CT molecular complexity index is 879. The highest BCUT2D eigenvalue weighted by Crippen LogP contribution is 2.20. The molecule has 2 aromatic rings. The van der Waals surface area contributed by atoms with Crippen LogP contribution in [-0.2, 0) is 11.3 Å². The fourth-order valence-electron chi connectivity index (χ4n) is 2.28. The van der Waals surface area contributed by atoms with E-state index in [9.17, 15) is 9.18 Å². The predicted molar refractivity (Wildman–Crippen MR) is 92.6 cm³/mol. The maximum absolute atomic E-state index is 13.3. The molecule has 124 valence electrons. The molecular weight excluding hydrogens is 379 g/mol. The highest BCUT2D eigenvalue weighted by atomic mass is 79.9. The lowest BCUT2D eigenvalue weighted by molar-refractivity contribution is 0.286. The SMILES string of the molecule is COC1=CCN(c2ncn(Cc3cccc(F)c3)c(=O)c2Br)C=N1. The first-order chi connectivity index (χ1) is 11.6. The third-order valence-electron chi connectivity index (χ3n) is 3.47. The minimum absolute atomic E-state index is 0.240. The molecule has 0 saturated carbocycles. The van der Waals surface area contributed by atoms with Gasteiger partial charge in [-0.2, -0.15) is 0 Å². The van der Waals surface area contributed by atoms with Crippen LogP contribution >= 0.6 is 15.9 Å². The van der Waals surface area contributed by atoms with Crippen molar-refractivity contribution in [3.8, 4) is 0 Å². The van der Waals surface area contributed by atoms with E-state index in [4.69, 9.17) is 4.74 Å². The van der Waals surface area contributed by atoms with Crippen LogP contribution in [0.1, 0.15) is 5.56 Å². The minimum Gasteiger partial charge on any atom is -0.481 e. The van der Waals surface area contributed by atoms with Crippen LogP contribution in [0, 0.1) is 5.82 Å². The lowest BCUT2D eigenvalue weighted by atomic mass is 10.2. The number of anilines is 1. The number of rotatable bonds is 4. The van der Waals surface area contributed by atoms with E-state index in [0.29, 0.717) is 28.3 Å². The van der Waals surface area contributed by atoms with E-state index < -0.39 is 0 Å². The van der Waals surface area contributed by atoms with Gasteiger partial charge in [0.25, 0.3) is 5.56 Å². The van der Waals surface area contributed by atoms with Crippen LogP contribution in [0.2, 0.25) is 0 Å². The lowest BCUT2D eigenvalue weighted by Crippen LogP contribution is -2.30. The van der Waals surface area contributed by atoms with Crippen LogP contribution in [-0.4, -0.2) is 29.5 Å². The molecule has 6 nitrogen and oxygen atoms in total. The number of methoxy groups -OCH3 is 1. The summed E-state index contributed by atoms with van der Waals surface area (Å²) in [5, 5.41) is 0. The van der Waals surface area contributed by atoms with E-state index in [1.165, 1.54) is 23.0 Å². The van der Waals surface area contributed by atoms with Gasteiger partial charge < -0.3 is 9.64 Å². The van der Waals surface area contributed by atoms with Crippen molar-refractivity contribution in [2.24, 2.45) is 4.99 Å². The molecule has 0 unspecified atom stereocenters. The van der Waals surface area contributed by atoms with Crippen molar-refractivity contribution in [1.29, 1.82) is 0 Å². The lowest BCUT2D eigenvalue weighted by Gasteiger charge is -2.21. The second-order valence-corrected chi connectivity index (χ2v) is 5.88. The number of benzene rings is 1. The number of aromatic nitrogens is 2. The van der Waals surface area contributed by atoms with E-state index >= 15 is 0 Å². The zero-order chi connectivity index (χ0) is 17.1. The van der Waals surface area contributed by atoms with Gasteiger partial charge in [-0.15, -0.1) is 0 Å². The molecule has 8 heteroatoms. The average Bonchev–Trinajstić information content (AvgIpc) is 2.59. The van der Waals surface area contributed by atoms with Crippen molar-refractivity contribution in [1.82, 2.24) is 9.55 Å². The summed E-state index contributed by atoms with van der Waals surface area (Å²) < 4.78 is 20.0. The van der Waals surface area contributed by atoms with Crippen LogP contribution < -0.4 is 10.5 Å². The molecule has 0 radical (unpaired) electrons. The summed E-state index contributed by atoms with van der Waals surface area (Å²) in [5.74, 6) is 0.641. The Hall–Kier alpha value is -2.48. The van der Waals surface area contributed by atoms with Crippen molar-refractivity contribution < 1.29 is 9.13 Å². The molecule has 3 rings (SSSR count). The standard InChI is InChI=1S/C16H14BrFN4O2/c1-24-13-5-6-21(9-19-13)15-14(17)16(23)22(10-20-15)8-11-3-2-4-12(18)7-11/h2-5,7,9-10H,6,8H2,1H3. The van der Waals surface area contributed by atoms with Crippen LogP contribution in [0.5, 0.6) is 0 Å². The number of hydrogen-bond donors (Lipinski definition) is 0. The van der Waals surface area contributed by atoms with Gasteiger partial charge in [-0.25, -0.2) is 14.4 Å². The van der Waals surface area contributed by atoms with Gasteiger partial charge in [0.05, 0.1) is 13.7 Å². The number of aliphatic imine (C=N–C) groups is 1. The van der Waals surface area contributed by atoms with E-state index in [0.717, 1.165) is 0 Å². The third kappa shape index (κ3) is 3.38. The Labute approximate surface area is 146 Å². The van der Waals surface area contributed by atoms with Crippen molar-refractivity contribution in [2.75, 3.05) is 18.6 Å². The van der Waals surface area contributed by atoms with Crippen molar-refractivity contribution in [2.45, 2.75) is 6.54 Å². The van der Waals surface area contributed by atoms with Gasteiger partial charge in [0.1, 0.15) is 23.0 Å². The zero-order valence-corrected chi connectivity index (χ0v) is 14.4. The van der Waals surface area contributed by atoms with E-state index in [-0.39, 0.29) is 17.9 Å². The number of halogens is 2. The van der Waals surface area contributed by atoms with E-state index in [1.54, 1.807) is 36.6 Å². The Morgan fingerprint density at radius 3 is 2.92 bits per heavy atom. The Kier molecular flexibility index (Phi) is 4.75. The van der Waals surface area contributed by atoms with Gasteiger partial charge in [-0.1, -0.05) is 12.1 Å². The van der Waals surface area contributed by atoms with Gasteiger partial charge in [0, 0.05) is 6.54 Å². The third-order valence-corrected chi connectivity index (χ3v) is 4.17. The molecule has 0 spiro atoms. The second kappa shape index (κ2) is 6.96. The summed E-state index contributed by atoms with van der Waals surface area (Å²) >= 11 is 3.30. The fourth-order valence-corrected chi connectivity index (χ4v) is 2.84. The van der Waals surface area contributed by atoms with Crippen molar-refractivity contribution in [3.63, 3.8) is 0 Å². The first-order valence-corrected chi connectivity index (χ1v) is 7.92. The monoisotopic (exact) mass is 392 g/mol. The first kappa shape index (κ1) is 16.4. The number of ether oxygens (including phenoxy) is 1. The Morgan fingerprint density at radius 1 is 1.42 bits per heavy atom. The number of hydrogen-bond acceptors (Lipinski definition) is 5. The smallest absolute Gasteiger partial charge is 0.270 e. The quantitative estimate of drug-likeness (QED) is 0.801. The van der Waals surface area contributed by atoms with Gasteiger partial charge in [0.15, 0.2) is 5.82 Å². The summed E-state index contributed by atoms with van der Waals surface area (Å²) in [4.78, 5) is 22.7. The van der Waals surface area contributed by atoms with Crippen LogP contribution in [0.4, 0.5) is 10.2 Å². The molecule has 1 aromatic heterocycles. The molecule has 1 aliphatic heterocycles. The maximum Gasteiger partial charge on any atom is 0.270 e. The topological polar surface area (TPSA) is 59.7 Å². The largest absolute Gasteiger partial charge is 0.481 e. The molecular formula is C16H14BrFN4O2. The first-order valence-electron chi connectivity index (χ1n) is 7.13. The molecule has 1 aliphatic rings. The average molecular weight is 393 g/mol. The molecule has 2 heterocycles. The molecule has 0 fully saturated rings. The summed E-state index contributed by atoms with van der Waals surface area (Å²) in [6.45, 7) is 0.732. The number of nitrogens with zero attached hydrogens (tertiary/aromatic N) is 4. The van der Waals surface area contributed by atoms with E-state index in [1.807, 2.05) is 0 Å². The molecule has 1 aromatic carbocycles. The molecule has 0 atom stereocenters.